The van der Waals surface area contributed by atoms with E-state index in [1.807, 2.05) is 29.8 Å². The average Bonchev–Trinajstić information content (AvgIpc) is 3.30. The van der Waals surface area contributed by atoms with Crippen LogP contribution < -0.4 is 15.4 Å². The highest BCUT2D eigenvalue weighted by atomic mass is 32.1. The number of aliphatic hydroxyl groups is 1. The number of thiazole rings is 1. The molecule has 0 aliphatic carbocycles. The Kier molecular flexibility index (Phi) is 6.32. The molecule has 0 amide bonds. The SMILES string of the molecule is COc1cccc2c([C@H](O)CC3CC(NCc4ccc5scnc5c4)CCN3)ccnc12. The largest absolute Gasteiger partial charge is 0.494 e. The number of piperidine rings is 1. The Morgan fingerprint density at radius 2 is 2.19 bits per heavy atom. The Morgan fingerprint density at radius 1 is 1.25 bits per heavy atom. The minimum Gasteiger partial charge on any atom is -0.494 e. The van der Waals surface area contributed by atoms with E-state index in [1.54, 1.807) is 24.6 Å². The van der Waals surface area contributed by atoms with Crippen LogP contribution in [0.25, 0.3) is 21.1 Å². The molecule has 3 heterocycles. The van der Waals surface area contributed by atoms with Gasteiger partial charge in [-0.2, -0.15) is 0 Å². The van der Waals surface area contributed by atoms with E-state index < -0.39 is 6.10 Å². The fourth-order valence-corrected chi connectivity index (χ4v) is 5.33. The second-order valence-electron chi connectivity index (χ2n) is 8.42. The monoisotopic (exact) mass is 448 g/mol. The van der Waals surface area contributed by atoms with Crippen LogP contribution in [0.3, 0.4) is 0 Å². The quantitative estimate of drug-likeness (QED) is 0.394. The van der Waals surface area contributed by atoms with E-state index in [0.717, 1.165) is 53.7 Å². The van der Waals surface area contributed by atoms with Crippen molar-refractivity contribution in [2.75, 3.05) is 13.7 Å². The lowest BCUT2D eigenvalue weighted by Gasteiger charge is -2.32. The van der Waals surface area contributed by atoms with Crippen molar-refractivity contribution < 1.29 is 9.84 Å². The first kappa shape index (κ1) is 21.3. The number of hydrogen-bond donors (Lipinski definition) is 3. The third-order valence-electron chi connectivity index (χ3n) is 6.34. The molecule has 2 aromatic heterocycles. The van der Waals surface area contributed by atoms with Crippen LogP contribution in [0, 0.1) is 0 Å². The van der Waals surface area contributed by atoms with Gasteiger partial charge in [-0.3, -0.25) is 4.98 Å². The van der Waals surface area contributed by atoms with Crippen LogP contribution in [-0.4, -0.2) is 40.8 Å². The maximum absolute atomic E-state index is 11.1. The summed E-state index contributed by atoms with van der Waals surface area (Å²) < 4.78 is 6.67. The summed E-state index contributed by atoms with van der Waals surface area (Å²) in [7, 11) is 1.65. The number of fused-ring (bicyclic) bond motifs is 2. The fraction of sp³-hybridized carbons (Fsp3) is 0.360. The van der Waals surface area contributed by atoms with Gasteiger partial charge in [-0.25, -0.2) is 4.98 Å². The van der Waals surface area contributed by atoms with Crippen LogP contribution in [0.1, 0.15) is 36.5 Å². The molecule has 0 spiro atoms. The van der Waals surface area contributed by atoms with Crippen molar-refractivity contribution in [3.05, 3.63) is 65.3 Å². The van der Waals surface area contributed by atoms with E-state index in [0.29, 0.717) is 12.5 Å². The molecule has 0 radical (unpaired) electrons. The topological polar surface area (TPSA) is 79.3 Å². The number of aromatic nitrogens is 2. The lowest BCUT2D eigenvalue weighted by atomic mass is 9.91. The number of ether oxygens (including phenoxy) is 1. The molecular formula is C25H28N4O2S. The summed E-state index contributed by atoms with van der Waals surface area (Å²) in [6.45, 7) is 1.79. The highest BCUT2D eigenvalue weighted by Crippen LogP contribution is 2.31. The van der Waals surface area contributed by atoms with E-state index in [2.05, 4.69) is 38.8 Å². The van der Waals surface area contributed by atoms with Crippen molar-refractivity contribution in [2.24, 2.45) is 0 Å². The van der Waals surface area contributed by atoms with Crippen LogP contribution in [0.4, 0.5) is 0 Å². The van der Waals surface area contributed by atoms with Gasteiger partial charge in [-0.05, 0) is 61.2 Å². The maximum atomic E-state index is 11.1. The Morgan fingerprint density at radius 3 is 3.09 bits per heavy atom. The Labute approximate surface area is 191 Å². The number of benzene rings is 2. The minimum atomic E-state index is -0.559. The van der Waals surface area contributed by atoms with Gasteiger partial charge >= 0.3 is 0 Å². The van der Waals surface area contributed by atoms with Crippen molar-refractivity contribution in [1.82, 2.24) is 20.6 Å². The molecule has 166 valence electrons. The zero-order valence-corrected chi connectivity index (χ0v) is 18.9. The van der Waals surface area contributed by atoms with Crippen LogP contribution in [0.15, 0.2) is 54.2 Å². The molecule has 0 bridgehead atoms. The standard InChI is InChI=1S/C25H28N4O2S/c1-31-23-4-2-3-20-19(8-10-27-25(20)23)22(30)13-18-12-17(7-9-26-18)28-14-16-5-6-24-21(11-16)29-15-32-24/h2-6,8,10-11,15,17-18,22,26,28,30H,7,9,12-14H2,1H3/t17?,18?,22-/m1/s1. The number of aliphatic hydroxyl groups excluding tert-OH is 1. The van der Waals surface area contributed by atoms with Crippen LogP contribution >= 0.6 is 11.3 Å². The first-order valence-corrected chi connectivity index (χ1v) is 12.0. The summed E-state index contributed by atoms with van der Waals surface area (Å²) in [5.41, 5.74) is 5.92. The molecule has 2 aromatic carbocycles. The molecule has 4 aromatic rings. The molecule has 3 atom stereocenters. The first-order chi connectivity index (χ1) is 15.7. The summed E-state index contributed by atoms with van der Waals surface area (Å²) in [4.78, 5) is 8.88. The van der Waals surface area contributed by atoms with Gasteiger partial charge in [0, 0.05) is 30.2 Å². The number of nitrogens with zero attached hydrogens (tertiary/aromatic N) is 2. The summed E-state index contributed by atoms with van der Waals surface area (Å²) in [6.07, 6.45) is 3.93. The van der Waals surface area contributed by atoms with Crippen molar-refractivity contribution in [1.29, 1.82) is 0 Å². The zero-order valence-electron chi connectivity index (χ0n) is 18.1. The Bertz CT molecular complexity index is 1210. The molecule has 1 saturated heterocycles. The molecule has 5 rings (SSSR count). The molecular weight excluding hydrogens is 420 g/mol. The summed E-state index contributed by atoms with van der Waals surface area (Å²) >= 11 is 1.67. The molecule has 32 heavy (non-hydrogen) atoms. The van der Waals surface area contributed by atoms with E-state index in [4.69, 9.17) is 4.74 Å². The number of para-hydroxylation sites is 1. The molecule has 6 nitrogen and oxygen atoms in total. The predicted molar refractivity (Wildman–Crippen MR) is 129 cm³/mol. The average molecular weight is 449 g/mol. The molecule has 1 aliphatic heterocycles. The zero-order chi connectivity index (χ0) is 21.9. The first-order valence-electron chi connectivity index (χ1n) is 11.1. The molecule has 1 aliphatic rings. The smallest absolute Gasteiger partial charge is 0.145 e. The second kappa shape index (κ2) is 9.50. The van der Waals surface area contributed by atoms with E-state index in [9.17, 15) is 5.11 Å². The normalized spacial score (nSPS) is 19.9. The fourth-order valence-electron chi connectivity index (χ4n) is 4.67. The van der Waals surface area contributed by atoms with Gasteiger partial charge < -0.3 is 20.5 Å². The number of nitrogens with one attached hydrogen (secondary N) is 2. The van der Waals surface area contributed by atoms with Gasteiger partial charge in [-0.1, -0.05) is 18.2 Å². The van der Waals surface area contributed by atoms with Crippen LogP contribution in [0.2, 0.25) is 0 Å². The summed E-state index contributed by atoms with van der Waals surface area (Å²) in [5, 5.41) is 19.3. The molecule has 2 unspecified atom stereocenters. The van der Waals surface area contributed by atoms with E-state index in [1.165, 1.54) is 10.3 Å². The van der Waals surface area contributed by atoms with Gasteiger partial charge in [0.2, 0.25) is 0 Å². The van der Waals surface area contributed by atoms with Crippen molar-refractivity contribution >= 4 is 32.5 Å². The van der Waals surface area contributed by atoms with Crippen molar-refractivity contribution in [2.45, 2.75) is 44.0 Å². The number of methoxy groups -OCH3 is 1. The van der Waals surface area contributed by atoms with Crippen LogP contribution in [-0.2, 0) is 6.54 Å². The molecule has 0 saturated carbocycles. The molecule has 7 heteroatoms. The van der Waals surface area contributed by atoms with Crippen molar-refractivity contribution in [3.8, 4) is 5.75 Å². The third-order valence-corrected chi connectivity index (χ3v) is 7.15. The summed E-state index contributed by atoms with van der Waals surface area (Å²) in [6, 6.07) is 14.9. The number of hydrogen-bond acceptors (Lipinski definition) is 7. The van der Waals surface area contributed by atoms with E-state index >= 15 is 0 Å². The van der Waals surface area contributed by atoms with Gasteiger partial charge in [0.15, 0.2) is 0 Å². The minimum absolute atomic E-state index is 0.256. The second-order valence-corrected chi connectivity index (χ2v) is 9.30. The van der Waals surface area contributed by atoms with Crippen molar-refractivity contribution in [3.63, 3.8) is 0 Å². The lowest BCUT2D eigenvalue weighted by molar-refractivity contribution is 0.141. The highest BCUT2D eigenvalue weighted by Gasteiger charge is 2.25. The lowest BCUT2D eigenvalue weighted by Crippen LogP contribution is -2.46. The van der Waals surface area contributed by atoms with Gasteiger partial charge in [0.1, 0.15) is 11.3 Å². The van der Waals surface area contributed by atoms with Gasteiger partial charge in [-0.15, -0.1) is 11.3 Å². The highest BCUT2D eigenvalue weighted by molar-refractivity contribution is 7.16. The Balaban J connectivity index is 1.22. The third kappa shape index (κ3) is 4.47. The molecule has 3 N–H and O–H groups in total. The number of pyridine rings is 1. The van der Waals surface area contributed by atoms with Gasteiger partial charge in [0.05, 0.1) is 28.9 Å². The maximum Gasteiger partial charge on any atom is 0.145 e. The summed E-state index contributed by atoms with van der Waals surface area (Å²) in [5.74, 6) is 0.729. The van der Waals surface area contributed by atoms with E-state index in [-0.39, 0.29) is 6.04 Å². The number of rotatable bonds is 7. The molecule has 1 fully saturated rings. The Hall–Kier alpha value is -2.58. The van der Waals surface area contributed by atoms with Crippen LogP contribution in [0.5, 0.6) is 5.75 Å². The van der Waals surface area contributed by atoms with Gasteiger partial charge in [0.25, 0.3) is 0 Å². The predicted octanol–water partition coefficient (Wildman–Crippen LogP) is 4.19.